The van der Waals surface area contributed by atoms with Crippen molar-refractivity contribution in [1.82, 2.24) is 10.3 Å². The molecule has 1 heterocycles. The summed E-state index contributed by atoms with van der Waals surface area (Å²) in [5, 5.41) is 13.2. The highest BCUT2D eigenvalue weighted by molar-refractivity contribution is 5.39. The molecular weight excluding hydrogens is 293 g/mol. The van der Waals surface area contributed by atoms with Crippen molar-refractivity contribution in [2.45, 2.75) is 32.5 Å². The summed E-state index contributed by atoms with van der Waals surface area (Å²) < 4.78 is 12.9. The minimum atomic E-state index is -0.657. The van der Waals surface area contributed by atoms with Gasteiger partial charge in [-0.15, -0.1) is 0 Å². The van der Waals surface area contributed by atoms with E-state index in [1.165, 1.54) is 12.1 Å². The number of anilines is 1. The Morgan fingerprint density at radius 3 is 2.43 bits per heavy atom. The molecule has 2 aromatic rings. The topological polar surface area (TPSA) is 48.4 Å². The summed E-state index contributed by atoms with van der Waals surface area (Å²) >= 11 is 0. The van der Waals surface area contributed by atoms with Gasteiger partial charge in [-0.3, -0.25) is 0 Å². The summed E-state index contributed by atoms with van der Waals surface area (Å²) in [5.74, 6) is 0.640. The van der Waals surface area contributed by atoms with Gasteiger partial charge in [0.25, 0.3) is 0 Å². The molecule has 0 amide bonds. The van der Waals surface area contributed by atoms with Gasteiger partial charge in [0.15, 0.2) is 0 Å². The number of nitrogens with one attached hydrogen (secondary N) is 1. The third-order valence-corrected chi connectivity index (χ3v) is 3.87. The fourth-order valence-electron chi connectivity index (χ4n) is 2.15. The van der Waals surface area contributed by atoms with Crippen LogP contribution in [-0.4, -0.2) is 29.7 Å². The van der Waals surface area contributed by atoms with Gasteiger partial charge in [0.2, 0.25) is 0 Å². The van der Waals surface area contributed by atoms with Crippen molar-refractivity contribution in [3.05, 3.63) is 59.5 Å². The lowest BCUT2D eigenvalue weighted by Crippen LogP contribution is -2.26. The number of benzene rings is 1. The van der Waals surface area contributed by atoms with Gasteiger partial charge in [-0.25, -0.2) is 9.37 Å². The van der Waals surface area contributed by atoms with Crippen molar-refractivity contribution >= 4 is 5.82 Å². The summed E-state index contributed by atoms with van der Waals surface area (Å²) in [5.41, 5.74) is 1.75. The molecule has 4 nitrogen and oxygen atoms in total. The van der Waals surface area contributed by atoms with Gasteiger partial charge < -0.3 is 15.3 Å². The molecule has 0 saturated carbocycles. The molecule has 1 aromatic heterocycles. The van der Waals surface area contributed by atoms with Gasteiger partial charge in [-0.1, -0.05) is 18.2 Å². The van der Waals surface area contributed by atoms with E-state index in [-0.39, 0.29) is 5.82 Å². The standard InChI is InChI=1S/C18H24FN3O/c1-13(2)22(3)18-9-4-14(11-21-18)10-20-12-17(23)15-5-7-16(19)8-6-15/h4-9,11,13,17,20,23H,10,12H2,1-3H3/t17-/m1/s1. The molecule has 124 valence electrons. The van der Waals surface area contributed by atoms with Crippen LogP contribution in [-0.2, 0) is 6.54 Å². The Bertz CT molecular complexity index is 599. The second-order valence-electron chi connectivity index (χ2n) is 5.93. The van der Waals surface area contributed by atoms with Crippen molar-refractivity contribution in [1.29, 1.82) is 0 Å². The summed E-state index contributed by atoms with van der Waals surface area (Å²) in [6.45, 7) is 5.26. The van der Waals surface area contributed by atoms with Crippen LogP contribution in [0.3, 0.4) is 0 Å². The lowest BCUT2D eigenvalue weighted by molar-refractivity contribution is 0.174. The molecule has 0 bridgehead atoms. The van der Waals surface area contributed by atoms with E-state index in [2.05, 4.69) is 29.0 Å². The Morgan fingerprint density at radius 2 is 1.87 bits per heavy atom. The maximum atomic E-state index is 12.9. The minimum absolute atomic E-state index is 0.300. The highest BCUT2D eigenvalue weighted by Crippen LogP contribution is 2.14. The van der Waals surface area contributed by atoms with E-state index in [9.17, 15) is 9.50 Å². The van der Waals surface area contributed by atoms with Crippen LogP contribution < -0.4 is 10.2 Å². The average Bonchev–Trinajstić information content (AvgIpc) is 2.55. The molecule has 23 heavy (non-hydrogen) atoms. The number of aliphatic hydroxyl groups excluding tert-OH is 1. The van der Waals surface area contributed by atoms with E-state index in [4.69, 9.17) is 0 Å². The third-order valence-electron chi connectivity index (χ3n) is 3.87. The van der Waals surface area contributed by atoms with E-state index in [1.54, 1.807) is 12.1 Å². The molecule has 0 aliphatic rings. The molecule has 0 aliphatic heterocycles. The second kappa shape index (κ2) is 8.04. The number of aromatic nitrogens is 1. The molecule has 0 saturated heterocycles. The Hall–Kier alpha value is -1.98. The zero-order valence-corrected chi connectivity index (χ0v) is 13.8. The van der Waals surface area contributed by atoms with Crippen molar-refractivity contribution in [3.63, 3.8) is 0 Å². The summed E-state index contributed by atoms with van der Waals surface area (Å²) in [6, 6.07) is 10.3. The van der Waals surface area contributed by atoms with Gasteiger partial charge in [0.05, 0.1) is 6.10 Å². The van der Waals surface area contributed by atoms with Crippen LogP contribution in [0.5, 0.6) is 0 Å². The maximum Gasteiger partial charge on any atom is 0.128 e. The maximum absolute atomic E-state index is 12.9. The number of nitrogens with zero attached hydrogens (tertiary/aromatic N) is 2. The Kier molecular flexibility index (Phi) is 6.07. The molecule has 0 aliphatic carbocycles. The lowest BCUT2D eigenvalue weighted by Gasteiger charge is -2.22. The van der Waals surface area contributed by atoms with Gasteiger partial charge in [0.1, 0.15) is 11.6 Å². The van der Waals surface area contributed by atoms with E-state index in [0.29, 0.717) is 24.7 Å². The van der Waals surface area contributed by atoms with Crippen molar-refractivity contribution in [2.75, 3.05) is 18.5 Å². The number of pyridine rings is 1. The zero-order chi connectivity index (χ0) is 16.8. The van der Waals surface area contributed by atoms with E-state index in [1.807, 2.05) is 25.4 Å². The number of halogens is 1. The van der Waals surface area contributed by atoms with Crippen LogP contribution in [0.4, 0.5) is 10.2 Å². The first-order chi connectivity index (χ1) is 11.0. The quantitative estimate of drug-likeness (QED) is 0.824. The van der Waals surface area contributed by atoms with E-state index >= 15 is 0 Å². The van der Waals surface area contributed by atoms with Gasteiger partial charge in [0, 0.05) is 32.4 Å². The molecular formula is C18H24FN3O. The highest BCUT2D eigenvalue weighted by atomic mass is 19.1. The molecule has 1 aromatic carbocycles. The minimum Gasteiger partial charge on any atom is -0.387 e. The first kappa shape index (κ1) is 17.4. The molecule has 5 heteroatoms. The van der Waals surface area contributed by atoms with Gasteiger partial charge in [-0.05, 0) is 43.2 Å². The molecule has 2 rings (SSSR count). The number of hydrogen-bond donors (Lipinski definition) is 2. The molecule has 0 radical (unpaired) electrons. The molecule has 2 N–H and O–H groups in total. The van der Waals surface area contributed by atoms with Crippen LogP contribution in [0.2, 0.25) is 0 Å². The van der Waals surface area contributed by atoms with Crippen molar-refractivity contribution < 1.29 is 9.50 Å². The SMILES string of the molecule is CC(C)N(C)c1ccc(CNC[C@@H](O)c2ccc(F)cc2)cn1. The van der Waals surface area contributed by atoms with Crippen molar-refractivity contribution in [2.24, 2.45) is 0 Å². The first-order valence-corrected chi connectivity index (χ1v) is 7.79. The lowest BCUT2D eigenvalue weighted by atomic mass is 10.1. The number of hydrogen-bond acceptors (Lipinski definition) is 4. The van der Waals surface area contributed by atoms with Gasteiger partial charge in [-0.2, -0.15) is 0 Å². The Labute approximate surface area is 137 Å². The molecule has 0 fully saturated rings. The van der Waals surface area contributed by atoms with E-state index in [0.717, 1.165) is 11.4 Å². The number of aliphatic hydroxyl groups is 1. The summed E-state index contributed by atoms with van der Waals surface area (Å²) in [4.78, 5) is 6.55. The Morgan fingerprint density at radius 1 is 1.17 bits per heavy atom. The normalized spacial score (nSPS) is 12.4. The molecule has 0 spiro atoms. The highest BCUT2D eigenvalue weighted by Gasteiger charge is 2.08. The smallest absolute Gasteiger partial charge is 0.128 e. The molecule has 0 unspecified atom stereocenters. The van der Waals surface area contributed by atoms with Crippen LogP contribution >= 0.6 is 0 Å². The fourth-order valence-corrected chi connectivity index (χ4v) is 2.15. The van der Waals surface area contributed by atoms with E-state index < -0.39 is 6.10 Å². The summed E-state index contributed by atoms with van der Waals surface area (Å²) in [7, 11) is 2.02. The number of rotatable bonds is 7. The molecule has 1 atom stereocenters. The van der Waals surface area contributed by atoms with Gasteiger partial charge >= 0.3 is 0 Å². The van der Waals surface area contributed by atoms with Crippen LogP contribution in [0.25, 0.3) is 0 Å². The Balaban J connectivity index is 1.83. The fraction of sp³-hybridized carbons (Fsp3) is 0.389. The van der Waals surface area contributed by atoms with Crippen LogP contribution in [0.1, 0.15) is 31.1 Å². The van der Waals surface area contributed by atoms with Crippen LogP contribution in [0, 0.1) is 5.82 Å². The second-order valence-corrected chi connectivity index (χ2v) is 5.93. The average molecular weight is 317 g/mol. The largest absolute Gasteiger partial charge is 0.387 e. The predicted octanol–water partition coefficient (Wildman–Crippen LogP) is 2.89. The zero-order valence-electron chi connectivity index (χ0n) is 13.8. The summed E-state index contributed by atoms with van der Waals surface area (Å²) in [6.07, 6.45) is 1.18. The third kappa shape index (κ3) is 5.01. The first-order valence-electron chi connectivity index (χ1n) is 7.79. The van der Waals surface area contributed by atoms with Crippen molar-refractivity contribution in [3.8, 4) is 0 Å². The predicted molar refractivity (Wildman–Crippen MR) is 90.8 cm³/mol. The monoisotopic (exact) mass is 317 g/mol. The van der Waals surface area contributed by atoms with Crippen LogP contribution in [0.15, 0.2) is 42.6 Å².